The Hall–Kier alpha value is -2.75. The Morgan fingerprint density at radius 2 is 1.91 bits per heavy atom. The predicted molar refractivity (Wildman–Crippen MR) is 85.4 cm³/mol. The SMILES string of the molecule is CC(C)c1ccc(/C=C2/N=C(c3cccnc3)OC2=O)cc1. The van der Waals surface area contributed by atoms with Gasteiger partial charge in [0.25, 0.3) is 0 Å². The molecule has 110 valence electrons. The zero-order chi connectivity index (χ0) is 15.5. The second-order valence-electron chi connectivity index (χ2n) is 5.40. The molecule has 4 nitrogen and oxygen atoms in total. The average molecular weight is 292 g/mol. The van der Waals surface area contributed by atoms with Crippen LogP contribution < -0.4 is 0 Å². The standard InChI is InChI=1S/C18H16N2O2/c1-12(2)14-7-5-13(6-8-14)10-16-18(21)22-17(20-16)15-4-3-9-19-11-15/h3-12H,1-2H3/b16-10+. The van der Waals surface area contributed by atoms with E-state index in [2.05, 4.69) is 36.0 Å². The van der Waals surface area contributed by atoms with Crippen molar-refractivity contribution in [3.05, 3.63) is 71.2 Å². The molecule has 0 fully saturated rings. The van der Waals surface area contributed by atoms with E-state index >= 15 is 0 Å². The van der Waals surface area contributed by atoms with Gasteiger partial charge in [0.15, 0.2) is 5.70 Å². The van der Waals surface area contributed by atoms with Crippen LogP contribution in [0.2, 0.25) is 0 Å². The molecule has 1 aromatic carbocycles. The fraction of sp³-hybridized carbons (Fsp3) is 0.167. The molecule has 0 spiro atoms. The quantitative estimate of drug-likeness (QED) is 0.642. The van der Waals surface area contributed by atoms with Crippen molar-refractivity contribution in [3.63, 3.8) is 0 Å². The first kappa shape index (κ1) is 14.2. The van der Waals surface area contributed by atoms with Crippen LogP contribution in [-0.4, -0.2) is 16.9 Å². The Kier molecular flexibility index (Phi) is 3.83. The van der Waals surface area contributed by atoms with Crippen LogP contribution in [0, 0.1) is 0 Å². The van der Waals surface area contributed by atoms with Gasteiger partial charge < -0.3 is 4.74 Å². The number of carbonyl (C=O) groups is 1. The van der Waals surface area contributed by atoms with Crippen LogP contribution in [0.4, 0.5) is 0 Å². The highest BCUT2D eigenvalue weighted by Gasteiger charge is 2.24. The molecule has 0 bridgehead atoms. The summed E-state index contributed by atoms with van der Waals surface area (Å²) in [7, 11) is 0. The van der Waals surface area contributed by atoms with E-state index in [-0.39, 0.29) is 0 Å². The number of rotatable bonds is 3. The fourth-order valence-corrected chi connectivity index (χ4v) is 2.16. The van der Waals surface area contributed by atoms with Gasteiger partial charge in [-0.25, -0.2) is 9.79 Å². The lowest BCUT2D eigenvalue weighted by atomic mass is 10.0. The Morgan fingerprint density at radius 3 is 2.55 bits per heavy atom. The summed E-state index contributed by atoms with van der Waals surface area (Å²) in [5.41, 5.74) is 3.17. The number of ether oxygens (including phenoxy) is 1. The molecule has 0 saturated heterocycles. The van der Waals surface area contributed by atoms with Crippen molar-refractivity contribution >= 4 is 17.9 Å². The molecule has 3 rings (SSSR count). The molecular formula is C18H16N2O2. The second-order valence-corrected chi connectivity index (χ2v) is 5.40. The molecule has 0 N–H and O–H groups in total. The topological polar surface area (TPSA) is 51.6 Å². The third kappa shape index (κ3) is 2.96. The molecule has 2 aromatic rings. The Balaban J connectivity index is 1.87. The van der Waals surface area contributed by atoms with Gasteiger partial charge in [0, 0.05) is 12.4 Å². The number of esters is 1. The van der Waals surface area contributed by atoms with Crippen molar-refractivity contribution in [1.82, 2.24) is 4.98 Å². The summed E-state index contributed by atoms with van der Waals surface area (Å²) in [5, 5.41) is 0. The average Bonchev–Trinajstić information content (AvgIpc) is 2.90. The zero-order valence-corrected chi connectivity index (χ0v) is 12.5. The van der Waals surface area contributed by atoms with E-state index in [0.717, 1.165) is 5.56 Å². The minimum atomic E-state index is -0.438. The maximum Gasteiger partial charge on any atom is 0.363 e. The number of benzene rings is 1. The van der Waals surface area contributed by atoms with Crippen molar-refractivity contribution in [2.45, 2.75) is 19.8 Å². The smallest absolute Gasteiger partial charge is 0.363 e. The van der Waals surface area contributed by atoms with Crippen LogP contribution >= 0.6 is 0 Å². The molecule has 4 heteroatoms. The van der Waals surface area contributed by atoms with Gasteiger partial charge in [-0.05, 0) is 35.3 Å². The molecule has 22 heavy (non-hydrogen) atoms. The summed E-state index contributed by atoms with van der Waals surface area (Å²) in [4.78, 5) is 20.2. The van der Waals surface area contributed by atoms with Crippen molar-refractivity contribution in [2.24, 2.45) is 4.99 Å². The minimum absolute atomic E-state index is 0.295. The molecule has 1 aliphatic heterocycles. The lowest BCUT2D eigenvalue weighted by Crippen LogP contribution is -2.05. The highest BCUT2D eigenvalue weighted by atomic mass is 16.6. The molecule has 2 heterocycles. The van der Waals surface area contributed by atoms with Gasteiger partial charge in [0.2, 0.25) is 5.90 Å². The molecular weight excluding hydrogens is 276 g/mol. The summed E-state index contributed by atoms with van der Waals surface area (Å²) >= 11 is 0. The number of aromatic nitrogens is 1. The van der Waals surface area contributed by atoms with Crippen LogP contribution in [0.5, 0.6) is 0 Å². The van der Waals surface area contributed by atoms with Gasteiger partial charge in [-0.3, -0.25) is 4.98 Å². The van der Waals surface area contributed by atoms with Crippen LogP contribution in [0.3, 0.4) is 0 Å². The number of aliphatic imine (C=N–C) groups is 1. The summed E-state index contributed by atoms with van der Waals surface area (Å²) in [6.07, 6.45) is 5.01. The first-order valence-electron chi connectivity index (χ1n) is 7.16. The fourth-order valence-electron chi connectivity index (χ4n) is 2.16. The maximum atomic E-state index is 11.9. The van der Waals surface area contributed by atoms with E-state index in [1.165, 1.54) is 5.56 Å². The highest BCUT2D eigenvalue weighted by Crippen LogP contribution is 2.20. The molecule has 0 atom stereocenters. The van der Waals surface area contributed by atoms with Gasteiger partial charge in [0.1, 0.15) is 0 Å². The van der Waals surface area contributed by atoms with E-state index in [9.17, 15) is 4.79 Å². The highest BCUT2D eigenvalue weighted by molar-refractivity contribution is 6.12. The summed E-state index contributed by atoms with van der Waals surface area (Å²) < 4.78 is 5.20. The van der Waals surface area contributed by atoms with Crippen LogP contribution in [0.25, 0.3) is 6.08 Å². The van der Waals surface area contributed by atoms with E-state index < -0.39 is 5.97 Å². The van der Waals surface area contributed by atoms with E-state index in [4.69, 9.17) is 4.74 Å². The molecule has 0 amide bonds. The summed E-state index contributed by atoms with van der Waals surface area (Å²) in [6.45, 7) is 4.29. The van der Waals surface area contributed by atoms with Crippen molar-refractivity contribution in [2.75, 3.05) is 0 Å². The number of carbonyl (C=O) groups excluding carboxylic acids is 1. The van der Waals surface area contributed by atoms with E-state index in [1.54, 1.807) is 30.6 Å². The van der Waals surface area contributed by atoms with Gasteiger partial charge >= 0.3 is 5.97 Å². The number of nitrogens with zero attached hydrogens (tertiary/aromatic N) is 2. The Morgan fingerprint density at radius 1 is 1.14 bits per heavy atom. The first-order chi connectivity index (χ1) is 10.6. The molecule has 1 aromatic heterocycles. The van der Waals surface area contributed by atoms with Crippen LogP contribution in [0.1, 0.15) is 36.5 Å². The predicted octanol–water partition coefficient (Wildman–Crippen LogP) is 3.55. The van der Waals surface area contributed by atoms with Gasteiger partial charge in [-0.1, -0.05) is 38.1 Å². The van der Waals surface area contributed by atoms with Crippen molar-refractivity contribution < 1.29 is 9.53 Å². The monoisotopic (exact) mass is 292 g/mol. The summed E-state index contributed by atoms with van der Waals surface area (Å²) in [5.74, 6) is 0.336. The van der Waals surface area contributed by atoms with Gasteiger partial charge in [-0.15, -0.1) is 0 Å². The number of cyclic esters (lactones) is 1. The van der Waals surface area contributed by atoms with E-state index in [0.29, 0.717) is 23.1 Å². The normalized spacial score (nSPS) is 16.0. The van der Waals surface area contributed by atoms with E-state index in [1.807, 2.05) is 12.1 Å². The lowest BCUT2D eigenvalue weighted by molar-refractivity contribution is -0.129. The Bertz CT molecular complexity index is 744. The molecule has 0 aliphatic carbocycles. The van der Waals surface area contributed by atoms with Crippen molar-refractivity contribution in [3.8, 4) is 0 Å². The van der Waals surface area contributed by atoms with Gasteiger partial charge in [-0.2, -0.15) is 0 Å². The number of pyridine rings is 1. The molecule has 0 saturated carbocycles. The second kappa shape index (κ2) is 5.93. The lowest BCUT2D eigenvalue weighted by Gasteiger charge is -2.04. The van der Waals surface area contributed by atoms with Crippen LogP contribution in [0.15, 0.2) is 59.5 Å². The molecule has 0 unspecified atom stereocenters. The molecule has 0 radical (unpaired) electrons. The molecule has 1 aliphatic rings. The minimum Gasteiger partial charge on any atom is -0.402 e. The van der Waals surface area contributed by atoms with Crippen molar-refractivity contribution in [1.29, 1.82) is 0 Å². The number of hydrogen-bond acceptors (Lipinski definition) is 4. The van der Waals surface area contributed by atoms with Gasteiger partial charge in [0.05, 0.1) is 5.56 Å². The Labute approximate surface area is 129 Å². The summed E-state index contributed by atoms with van der Waals surface area (Å²) in [6, 6.07) is 11.7. The third-order valence-electron chi connectivity index (χ3n) is 3.44. The maximum absolute atomic E-state index is 11.9. The largest absolute Gasteiger partial charge is 0.402 e. The zero-order valence-electron chi connectivity index (χ0n) is 12.5. The first-order valence-corrected chi connectivity index (χ1v) is 7.16. The third-order valence-corrected chi connectivity index (χ3v) is 3.44. The number of hydrogen-bond donors (Lipinski definition) is 0. The van der Waals surface area contributed by atoms with Crippen LogP contribution in [-0.2, 0) is 9.53 Å².